The number of benzene rings is 3. The van der Waals surface area contributed by atoms with Crippen molar-refractivity contribution in [3.63, 3.8) is 0 Å². The number of carboxylic acids is 1. The van der Waals surface area contributed by atoms with Crippen molar-refractivity contribution in [3.05, 3.63) is 101 Å². The molecule has 6 N–H and O–H groups in total. The summed E-state index contributed by atoms with van der Waals surface area (Å²) in [5.41, 5.74) is 14.3. The smallest absolute Gasteiger partial charge is 0.304 e. The van der Waals surface area contributed by atoms with Crippen molar-refractivity contribution in [1.29, 1.82) is 0 Å². The van der Waals surface area contributed by atoms with Crippen molar-refractivity contribution >= 4 is 23.5 Å². The first kappa shape index (κ1) is 21.6. The number of hydrogen-bond acceptors (Lipinski definition) is 3. The van der Waals surface area contributed by atoms with Crippen LogP contribution in [-0.4, -0.2) is 22.9 Å². The monoisotopic (exact) mass is 416 g/mol. The molecule has 0 aromatic heterocycles. The fraction of sp³-hybridized carbons (Fsp3) is 0.125. The second-order valence-corrected chi connectivity index (χ2v) is 7.03. The van der Waals surface area contributed by atoms with Crippen LogP contribution in [0.1, 0.15) is 39.4 Å². The molecule has 0 saturated carbocycles. The molecule has 3 rings (SSSR count). The van der Waals surface area contributed by atoms with Gasteiger partial charge < -0.3 is 21.9 Å². The minimum atomic E-state index is -0.885. The molecule has 1 amide bonds. The van der Waals surface area contributed by atoms with E-state index >= 15 is 0 Å². The van der Waals surface area contributed by atoms with Gasteiger partial charge in [0, 0.05) is 18.0 Å². The van der Waals surface area contributed by atoms with Crippen LogP contribution in [0.2, 0.25) is 0 Å². The highest BCUT2D eigenvalue weighted by atomic mass is 16.4. The van der Waals surface area contributed by atoms with Crippen LogP contribution in [0.3, 0.4) is 0 Å². The molecule has 0 aliphatic rings. The van der Waals surface area contributed by atoms with Gasteiger partial charge in [0.15, 0.2) is 5.96 Å². The summed E-state index contributed by atoms with van der Waals surface area (Å²) in [5.74, 6) is -1.57. The van der Waals surface area contributed by atoms with E-state index < -0.39 is 5.97 Å². The number of aliphatic imine (C=N–C) groups is 1. The van der Waals surface area contributed by atoms with Gasteiger partial charge in [-0.1, -0.05) is 60.7 Å². The topological polar surface area (TPSA) is 131 Å². The Labute approximate surface area is 180 Å². The molecule has 0 aliphatic carbocycles. The Morgan fingerprint density at radius 1 is 0.935 bits per heavy atom. The standard InChI is InChI=1S/C24H24N4O3/c25-24(26)28-19-11-6-10-17(13-19)23(31)27-15-18-9-4-5-12-20(18)21(14-22(29)30)16-7-2-1-3-8-16/h1-13,21H,14-15H2,(H,27,31)(H,29,30)(H4,25,26,28). The molecule has 1 atom stereocenters. The maximum atomic E-state index is 12.7. The number of nitrogens with one attached hydrogen (secondary N) is 1. The lowest BCUT2D eigenvalue weighted by atomic mass is 9.85. The summed E-state index contributed by atoms with van der Waals surface area (Å²) in [4.78, 5) is 28.2. The maximum absolute atomic E-state index is 12.7. The van der Waals surface area contributed by atoms with Gasteiger partial charge in [0.2, 0.25) is 0 Å². The third-order valence-electron chi connectivity index (χ3n) is 4.82. The molecule has 1 unspecified atom stereocenters. The number of amides is 1. The van der Waals surface area contributed by atoms with Crippen LogP contribution >= 0.6 is 0 Å². The molecular weight excluding hydrogens is 392 g/mol. The summed E-state index contributed by atoms with van der Waals surface area (Å²) < 4.78 is 0. The minimum absolute atomic E-state index is 0.0461. The van der Waals surface area contributed by atoms with Gasteiger partial charge in [-0.05, 0) is 34.9 Å². The number of carboxylic acid groups (broad SMARTS) is 1. The van der Waals surface area contributed by atoms with E-state index in [9.17, 15) is 14.7 Å². The molecule has 0 radical (unpaired) electrons. The lowest BCUT2D eigenvalue weighted by molar-refractivity contribution is -0.137. The molecule has 3 aromatic carbocycles. The number of rotatable bonds is 8. The highest BCUT2D eigenvalue weighted by Gasteiger charge is 2.20. The van der Waals surface area contributed by atoms with Gasteiger partial charge >= 0.3 is 5.97 Å². The molecule has 158 valence electrons. The third kappa shape index (κ3) is 5.93. The van der Waals surface area contributed by atoms with E-state index in [-0.39, 0.29) is 30.8 Å². The Kier molecular flexibility index (Phi) is 7.01. The van der Waals surface area contributed by atoms with Crippen molar-refractivity contribution in [1.82, 2.24) is 5.32 Å². The predicted octanol–water partition coefficient (Wildman–Crippen LogP) is 3.13. The average molecular weight is 416 g/mol. The Hall–Kier alpha value is -4.13. The lowest BCUT2D eigenvalue weighted by Gasteiger charge is -2.20. The molecule has 7 nitrogen and oxygen atoms in total. The van der Waals surface area contributed by atoms with E-state index in [0.717, 1.165) is 16.7 Å². The maximum Gasteiger partial charge on any atom is 0.304 e. The number of aliphatic carboxylic acids is 1. The first-order valence-electron chi connectivity index (χ1n) is 9.76. The van der Waals surface area contributed by atoms with Gasteiger partial charge in [-0.15, -0.1) is 0 Å². The van der Waals surface area contributed by atoms with E-state index in [1.54, 1.807) is 24.3 Å². The Morgan fingerprint density at radius 2 is 1.65 bits per heavy atom. The first-order valence-corrected chi connectivity index (χ1v) is 9.76. The van der Waals surface area contributed by atoms with Crippen molar-refractivity contribution in [2.24, 2.45) is 16.5 Å². The molecule has 3 aromatic rings. The number of carbonyl (C=O) groups is 2. The largest absolute Gasteiger partial charge is 0.481 e. The third-order valence-corrected chi connectivity index (χ3v) is 4.82. The van der Waals surface area contributed by atoms with Gasteiger partial charge in [-0.25, -0.2) is 4.99 Å². The first-order chi connectivity index (χ1) is 14.9. The van der Waals surface area contributed by atoms with Crippen molar-refractivity contribution in [2.75, 3.05) is 0 Å². The van der Waals surface area contributed by atoms with Crippen LogP contribution in [0, 0.1) is 0 Å². The minimum Gasteiger partial charge on any atom is -0.481 e. The SMILES string of the molecule is NC(N)=Nc1cccc(C(=O)NCc2ccccc2C(CC(=O)O)c2ccccc2)c1. The van der Waals surface area contributed by atoms with E-state index in [1.807, 2.05) is 54.6 Å². The van der Waals surface area contributed by atoms with E-state index in [0.29, 0.717) is 11.3 Å². The number of carbonyl (C=O) groups excluding carboxylic acids is 1. The van der Waals surface area contributed by atoms with E-state index in [1.165, 1.54) is 0 Å². The molecular formula is C24H24N4O3. The zero-order valence-corrected chi connectivity index (χ0v) is 16.9. The fourth-order valence-corrected chi connectivity index (χ4v) is 3.45. The quantitative estimate of drug-likeness (QED) is 0.331. The summed E-state index contributed by atoms with van der Waals surface area (Å²) in [5, 5.41) is 12.4. The van der Waals surface area contributed by atoms with Crippen LogP contribution in [0.5, 0.6) is 0 Å². The summed E-state index contributed by atoms with van der Waals surface area (Å²) in [7, 11) is 0. The molecule has 0 fully saturated rings. The molecule has 0 saturated heterocycles. The fourth-order valence-electron chi connectivity index (χ4n) is 3.45. The highest BCUT2D eigenvalue weighted by Crippen LogP contribution is 2.30. The van der Waals surface area contributed by atoms with Crippen molar-refractivity contribution in [2.45, 2.75) is 18.9 Å². The lowest BCUT2D eigenvalue weighted by Crippen LogP contribution is -2.24. The van der Waals surface area contributed by atoms with Gasteiger partial charge in [0.05, 0.1) is 12.1 Å². The van der Waals surface area contributed by atoms with Crippen LogP contribution in [0.4, 0.5) is 5.69 Å². The van der Waals surface area contributed by atoms with Crippen molar-refractivity contribution < 1.29 is 14.7 Å². The Morgan fingerprint density at radius 3 is 2.35 bits per heavy atom. The highest BCUT2D eigenvalue weighted by molar-refractivity contribution is 5.95. The average Bonchev–Trinajstić information content (AvgIpc) is 2.76. The van der Waals surface area contributed by atoms with Gasteiger partial charge in [-0.2, -0.15) is 0 Å². The molecule has 0 aliphatic heterocycles. The molecule has 7 heteroatoms. The summed E-state index contributed by atoms with van der Waals surface area (Å²) >= 11 is 0. The van der Waals surface area contributed by atoms with E-state index in [2.05, 4.69) is 10.3 Å². The number of nitrogens with zero attached hydrogens (tertiary/aromatic N) is 1. The second kappa shape index (κ2) is 10.1. The zero-order chi connectivity index (χ0) is 22.2. The summed E-state index contributed by atoms with van der Waals surface area (Å²) in [6, 6.07) is 23.7. The van der Waals surface area contributed by atoms with Gasteiger partial charge in [0.25, 0.3) is 5.91 Å². The van der Waals surface area contributed by atoms with E-state index in [4.69, 9.17) is 11.5 Å². The summed E-state index contributed by atoms with van der Waals surface area (Å²) in [6.07, 6.45) is -0.0461. The molecule has 0 bridgehead atoms. The Bertz CT molecular complexity index is 1090. The van der Waals surface area contributed by atoms with Gasteiger partial charge in [0.1, 0.15) is 0 Å². The molecule has 0 spiro atoms. The molecule has 31 heavy (non-hydrogen) atoms. The summed E-state index contributed by atoms with van der Waals surface area (Å²) in [6.45, 7) is 0.254. The number of hydrogen-bond donors (Lipinski definition) is 4. The number of guanidine groups is 1. The van der Waals surface area contributed by atoms with Crippen LogP contribution in [0.25, 0.3) is 0 Å². The van der Waals surface area contributed by atoms with Crippen LogP contribution < -0.4 is 16.8 Å². The normalized spacial score (nSPS) is 11.4. The predicted molar refractivity (Wildman–Crippen MR) is 120 cm³/mol. The second-order valence-electron chi connectivity index (χ2n) is 7.03. The van der Waals surface area contributed by atoms with Crippen LogP contribution in [0.15, 0.2) is 83.9 Å². The number of nitrogens with two attached hydrogens (primary N) is 2. The Balaban J connectivity index is 1.83. The molecule has 0 heterocycles. The van der Waals surface area contributed by atoms with Crippen LogP contribution in [-0.2, 0) is 11.3 Å². The van der Waals surface area contributed by atoms with Gasteiger partial charge in [-0.3, -0.25) is 9.59 Å². The zero-order valence-electron chi connectivity index (χ0n) is 16.9. The van der Waals surface area contributed by atoms with Crippen molar-refractivity contribution in [3.8, 4) is 0 Å².